The molecule has 0 aromatic heterocycles. The van der Waals surface area contributed by atoms with Crippen LogP contribution in [0.5, 0.6) is 0 Å². The first kappa shape index (κ1) is 18.6. The molecule has 6 heteroatoms. The predicted molar refractivity (Wildman–Crippen MR) is 88.3 cm³/mol. The van der Waals surface area contributed by atoms with E-state index in [0.717, 1.165) is 11.1 Å². The van der Waals surface area contributed by atoms with Crippen molar-refractivity contribution < 1.29 is 13.2 Å². The Labute approximate surface area is 133 Å². The lowest BCUT2D eigenvalue weighted by atomic mass is 10.2. The van der Waals surface area contributed by atoms with Crippen LogP contribution in [-0.4, -0.2) is 38.9 Å². The third kappa shape index (κ3) is 5.10. The number of carbonyl (C=O) groups excluding carboxylic acids is 1. The number of nitrogens with zero attached hydrogens (tertiary/aromatic N) is 1. The first-order valence-corrected chi connectivity index (χ1v) is 9.14. The molecule has 0 spiro atoms. The van der Waals surface area contributed by atoms with Crippen LogP contribution in [0.15, 0.2) is 23.1 Å². The van der Waals surface area contributed by atoms with Crippen molar-refractivity contribution in [3.8, 4) is 0 Å². The lowest BCUT2D eigenvalue weighted by Crippen LogP contribution is -2.31. The molecule has 5 nitrogen and oxygen atoms in total. The SMILES string of the molecule is CCN(CC)C(=O)CCCNS(=O)(=O)c1ccc(C)cc1C. The molecule has 0 aliphatic heterocycles. The average Bonchev–Trinajstić information content (AvgIpc) is 2.44. The summed E-state index contributed by atoms with van der Waals surface area (Å²) in [5.74, 6) is 0.0655. The van der Waals surface area contributed by atoms with E-state index < -0.39 is 10.0 Å². The molecular weight excluding hydrogens is 300 g/mol. The molecule has 0 bridgehead atoms. The molecule has 0 aliphatic carbocycles. The average molecular weight is 326 g/mol. The van der Waals surface area contributed by atoms with Gasteiger partial charge in [-0.2, -0.15) is 0 Å². The normalized spacial score (nSPS) is 11.5. The topological polar surface area (TPSA) is 66.5 Å². The smallest absolute Gasteiger partial charge is 0.240 e. The number of benzene rings is 1. The zero-order valence-corrected chi connectivity index (χ0v) is 14.7. The summed E-state index contributed by atoms with van der Waals surface area (Å²) in [5.41, 5.74) is 1.76. The second kappa shape index (κ2) is 8.29. The molecule has 124 valence electrons. The molecule has 0 radical (unpaired) electrons. The summed E-state index contributed by atoms with van der Waals surface area (Å²) < 4.78 is 27.1. The molecule has 1 aromatic carbocycles. The van der Waals surface area contributed by atoms with Crippen LogP contribution in [0.3, 0.4) is 0 Å². The standard InChI is InChI=1S/C16H26N2O3S/c1-5-18(6-2)16(19)8-7-11-17-22(20,21)15-10-9-13(3)12-14(15)4/h9-10,12,17H,5-8,11H2,1-4H3. The fourth-order valence-corrected chi connectivity index (χ4v) is 3.66. The number of hydrogen-bond acceptors (Lipinski definition) is 3. The maximum Gasteiger partial charge on any atom is 0.240 e. The van der Waals surface area contributed by atoms with Gasteiger partial charge >= 0.3 is 0 Å². The Morgan fingerprint density at radius 2 is 1.82 bits per heavy atom. The Balaban J connectivity index is 2.55. The highest BCUT2D eigenvalue weighted by atomic mass is 32.2. The van der Waals surface area contributed by atoms with Gasteiger partial charge in [0.05, 0.1) is 4.90 Å². The number of aryl methyl sites for hydroxylation is 2. The van der Waals surface area contributed by atoms with E-state index in [1.165, 1.54) is 0 Å². The maximum absolute atomic E-state index is 12.2. The van der Waals surface area contributed by atoms with Crippen molar-refractivity contribution in [2.24, 2.45) is 0 Å². The second-order valence-corrected chi connectivity index (χ2v) is 7.07. The Morgan fingerprint density at radius 1 is 1.18 bits per heavy atom. The van der Waals surface area contributed by atoms with Gasteiger partial charge in [-0.15, -0.1) is 0 Å². The summed E-state index contributed by atoms with van der Waals surface area (Å²) >= 11 is 0. The number of carbonyl (C=O) groups is 1. The van der Waals surface area contributed by atoms with Crippen molar-refractivity contribution in [2.75, 3.05) is 19.6 Å². The summed E-state index contributed by atoms with van der Waals surface area (Å²) in [6.45, 7) is 9.21. The summed E-state index contributed by atoms with van der Waals surface area (Å²) in [6.07, 6.45) is 0.858. The first-order valence-electron chi connectivity index (χ1n) is 7.66. The Morgan fingerprint density at radius 3 is 2.36 bits per heavy atom. The second-order valence-electron chi connectivity index (χ2n) is 5.34. The number of sulfonamides is 1. The Bertz CT molecular complexity index is 608. The number of rotatable bonds is 8. The molecule has 0 saturated heterocycles. The molecule has 0 aliphatic rings. The predicted octanol–water partition coefficient (Wildman–Crippen LogP) is 2.23. The first-order chi connectivity index (χ1) is 10.3. The lowest BCUT2D eigenvalue weighted by Gasteiger charge is -2.18. The van der Waals surface area contributed by atoms with Crippen molar-refractivity contribution >= 4 is 15.9 Å². The van der Waals surface area contributed by atoms with Crippen LogP contribution in [-0.2, 0) is 14.8 Å². The summed E-state index contributed by atoms with van der Waals surface area (Å²) in [5, 5.41) is 0. The molecule has 1 rings (SSSR count). The maximum atomic E-state index is 12.2. The molecule has 0 unspecified atom stereocenters. The largest absolute Gasteiger partial charge is 0.343 e. The molecule has 22 heavy (non-hydrogen) atoms. The van der Waals surface area contributed by atoms with Gasteiger partial charge in [-0.05, 0) is 45.7 Å². The number of hydrogen-bond donors (Lipinski definition) is 1. The lowest BCUT2D eigenvalue weighted by molar-refractivity contribution is -0.130. The van der Waals surface area contributed by atoms with Gasteiger partial charge in [-0.1, -0.05) is 17.7 Å². The van der Waals surface area contributed by atoms with E-state index in [2.05, 4.69) is 4.72 Å². The van der Waals surface area contributed by atoms with Crippen molar-refractivity contribution in [1.82, 2.24) is 9.62 Å². The molecule has 0 atom stereocenters. The highest BCUT2D eigenvalue weighted by Crippen LogP contribution is 2.16. The molecular formula is C16H26N2O3S. The molecule has 0 fully saturated rings. The molecule has 1 aromatic rings. The summed E-state index contributed by atoms with van der Waals surface area (Å²) in [7, 11) is -3.51. The van der Waals surface area contributed by atoms with E-state index in [4.69, 9.17) is 0 Å². The van der Waals surface area contributed by atoms with Crippen molar-refractivity contribution in [3.05, 3.63) is 29.3 Å². The monoisotopic (exact) mass is 326 g/mol. The Hall–Kier alpha value is -1.40. The van der Waals surface area contributed by atoms with Gasteiger partial charge in [-0.25, -0.2) is 13.1 Å². The van der Waals surface area contributed by atoms with Gasteiger partial charge in [0.25, 0.3) is 0 Å². The van der Waals surface area contributed by atoms with Crippen LogP contribution in [0.25, 0.3) is 0 Å². The minimum absolute atomic E-state index is 0.0655. The van der Waals surface area contributed by atoms with Gasteiger partial charge in [0.1, 0.15) is 0 Å². The molecule has 1 N–H and O–H groups in total. The van der Waals surface area contributed by atoms with Crippen molar-refractivity contribution in [3.63, 3.8) is 0 Å². The molecule has 1 amide bonds. The van der Waals surface area contributed by atoms with E-state index >= 15 is 0 Å². The summed E-state index contributed by atoms with van der Waals surface area (Å²) in [6, 6.07) is 5.25. The van der Waals surface area contributed by atoms with Crippen LogP contribution in [0.1, 0.15) is 37.8 Å². The number of nitrogens with one attached hydrogen (secondary N) is 1. The zero-order valence-electron chi connectivity index (χ0n) is 13.8. The highest BCUT2D eigenvalue weighted by Gasteiger charge is 2.16. The minimum Gasteiger partial charge on any atom is -0.343 e. The van der Waals surface area contributed by atoms with Gasteiger partial charge in [0.2, 0.25) is 15.9 Å². The fraction of sp³-hybridized carbons (Fsp3) is 0.562. The van der Waals surface area contributed by atoms with E-state index in [0.29, 0.717) is 30.8 Å². The van der Waals surface area contributed by atoms with E-state index in [-0.39, 0.29) is 12.5 Å². The molecule has 0 saturated carbocycles. The van der Waals surface area contributed by atoms with Crippen molar-refractivity contribution in [1.29, 1.82) is 0 Å². The van der Waals surface area contributed by atoms with Crippen LogP contribution >= 0.6 is 0 Å². The quantitative estimate of drug-likeness (QED) is 0.745. The van der Waals surface area contributed by atoms with E-state index in [1.54, 1.807) is 24.0 Å². The molecule has 0 heterocycles. The van der Waals surface area contributed by atoms with Crippen molar-refractivity contribution in [2.45, 2.75) is 45.4 Å². The third-order valence-corrected chi connectivity index (χ3v) is 5.22. The minimum atomic E-state index is -3.51. The Kier molecular flexibility index (Phi) is 7.03. The van der Waals surface area contributed by atoms with Crippen LogP contribution in [0.2, 0.25) is 0 Å². The van der Waals surface area contributed by atoms with Crippen LogP contribution < -0.4 is 4.72 Å². The zero-order chi connectivity index (χ0) is 16.8. The van der Waals surface area contributed by atoms with E-state index in [1.807, 2.05) is 26.8 Å². The van der Waals surface area contributed by atoms with Crippen LogP contribution in [0.4, 0.5) is 0 Å². The van der Waals surface area contributed by atoms with Gasteiger partial charge < -0.3 is 4.90 Å². The highest BCUT2D eigenvalue weighted by molar-refractivity contribution is 7.89. The van der Waals surface area contributed by atoms with Gasteiger partial charge in [-0.3, -0.25) is 4.79 Å². The third-order valence-electron chi connectivity index (χ3n) is 3.60. The fourth-order valence-electron chi connectivity index (χ4n) is 2.36. The number of amides is 1. The van der Waals surface area contributed by atoms with E-state index in [9.17, 15) is 13.2 Å². The summed E-state index contributed by atoms with van der Waals surface area (Å²) in [4.78, 5) is 13.9. The van der Waals surface area contributed by atoms with Gasteiger partial charge in [0, 0.05) is 26.1 Å². The van der Waals surface area contributed by atoms with Crippen LogP contribution in [0, 0.1) is 13.8 Å². The van der Waals surface area contributed by atoms with Gasteiger partial charge in [0.15, 0.2) is 0 Å².